The molecule has 13 heavy (non-hydrogen) atoms. The van der Waals surface area contributed by atoms with Crippen molar-refractivity contribution < 1.29 is 19.1 Å². The molecule has 0 aromatic heterocycles. The van der Waals surface area contributed by atoms with Crippen molar-refractivity contribution in [3.8, 4) is 0 Å². The van der Waals surface area contributed by atoms with Crippen LogP contribution in [0.1, 0.15) is 6.92 Å². The van der Waals surface area contributed by atoms with Gasteiger partial charge in [-0.1, -0.05) is 0 Å². The average molecular weight is 185 g/mol. The number of carbonyl (C=O) groups is 2. The van der Waals surface area contributed by atoms with Gasteiger partial charge < -0.3 is 9.47 Å². The normalized spacial score (nSPS) is 17.2. The minimum atomic E-state index is -0.445. The van der Waals surface area contributed by atoms with Gasteiger partial charge in [0.15, 0.2) is 0 Å². The number of cyclic esters (lactones) is 1. The molecular formula is C8H11NO4. The number of hydrogen-bond donors (Lipinski definition) is 0. The van der Waals surface area contributed by atoms with Crippen LogP contribution in [0, 0.1) is 0 Å². The van der Waals surface area contributed by atoms with Gasteiger partial charge in [0.05, 0.1) is 19.2 Å². The highest BCUT2D eigenvalue weighted by atomic mass is 16.6. The summed E-state index contributed by atoms with van der Waals surface area (Å²) >= 11 is 0. The second-order valence-corrected chi connectivity index (χ2v) is 2.61. The molecular weight excluding hydrogens is 174 g/mol. The zero-order valence-corrected chi connectivity index (χ0v) is 7.57. The van der Waals surface area contributed by atoms with E-state index in [1.807, 2.05) is 0 Å². The van der Waals surface area contributed by atoms with Crippen LogP contribution >= 0.6 is 0 Å². The minimum Gasteiger partial charge on any atom is -0.466 e. The lowest BCUT2D eigenvalue weighted by Crippen LogP contribution is -2.19. The molecule has 1 aliphatic heterocycles. The van der Waals surface area contributed by atoms with Crippen molar-refractivity contribution in [2.75, 3.05) is 20.3 Å². The van der Waals surface area contributed by atoms with E-state index in [1.165, 1.54) is 18.2 Å². The first kappa shape index (κ1) is 9.57. The monoisotopic (exact) mass is 185 g/mol. The second kappa shape index (κ2) is 3.93. The predicted molar refractivity (Wildman–Crippen MR) is 43.8 cm³/mol. The van der Waals surface area contributed by atoms with E-state index in [0.717, 1.165) is 0 Å². The average Bonchev–Trinajstić information content (AvgIpc) is 2.50. The molecule has 1 heterocycles. The lowest BCUT2D eigenvalue weighted by molar-refractivity contribution is -0.136. The molecule has 0 aliphatic carbocycles. The third kappa shape index (κ3) is 2.21. The third-order valence-electron chi connectivity index (χ3n) is 1.65. The molecule has 0 aromatic carbocycles. The SMILES string of the molecule is COC(=O)/C(C)=C/N1CCOC1=O. The maximum absolute atomic E-state index is 10.9. The Balaban J connectivity index is 2.64. The Labute approximate surface area is 75.9 Å². The summed E-state index contributed by atoms with van der Waals surface area (Å²) in [6.07, 6.45) is 1.00. The van der Waals surface area contributed by atoms with Crippen LogP contribution in [0.2, 0.25) is 0 Å². The molecule has 1 rings (SSSR count). The predicted octanol–water partition coefficient (Wildman–Crippen LogP) is 0.515. The van der Waals surface area contributed by atoms with E-state index in [1.54, 1.807) is 6.92 Å². The molecule has 0 bridgehead atoms. The number of methoxy groups -OCH3 is 1. The van der Waals surface area contributed by atoms with Gasteiger partial charge in [-0.15, -0.1) is 0 Å². The molecule has 0 N–H and O–H groups in total. The van der Waals surface area contributed by atoms with E-state index in [9.17, 15) is 9.59 Å². The van der Waals surface area contributed by atoms with Gasteiger partial charge in [-0.2, -0.15) is 0 Å². The smallest absolute Gasteiger partial charge is 0.413 e. The zero-order valence-electron chi connectivity index (χ0n) is 7.57. The molecule has 0 saturated carbocycles. The molecule has 0 spiro atoms. The summed E-state index contributed by atoms with van der Waals surface area (Å²) < 4.78 is 9.14. The molecule has 1 saturated heterocycles. The Bertz CT molecular complexity index is 259. The van der Waals surface area contributed by atoms with Gasteiger partial charge in [-0.3, -0.25) is 4.90 Å². The third-order valence-corrected chi connectivity index (χ3v) is 1.65. The van der Waals surface area contributed by atoms with E-state index >= 15 is 0 Å². The van der Waals surface area contributed by atoms with E-state index in [4.69, 9.17) is 0 Å². The van der Waals surface area contributed by atoms with Gasteiger partial charge in [0.2, 0.25) is 0 Å². The quantitative estimate of drug-likeness (QED) is 0.464. The van der Waals surface area contributed by atoms with Crippen molar-refractivity contribution in [2.45, 2.75) is 6.92 Å². The highest BCUT2D eigenvalue weighted by Crippen LogP contribution is 2.07. The number of ether oxygens (including phenoxy) is 2. The first-order valence-corrected chi connectivity index (χ1v) is 3.85. The fourth-order valence-electron chi connectivity index (χ4n) is 0.970. The molecule has 1 aliphatic rings. The van der Waals surface area contributed by atoms with E-state index in [-0.39, 0.29) is 0 Å². The van der Waals surface area contributed by atoms with Crippen molar-refractivity contribution in [1.29, 1.82) is 0 Å². The summed E-state index contributed by atoms with van der Waals surface area (Å²) in [5.41, 5.74) is 0.376. The zero-order chi connectivity index (χ0) is 9.84. The molecule has 0 aromatic rings. The largest absolute Gasteiger partial charge is 0.466 e. The van der Waals surface area contributed by atoms with Gasteiger partial charge in [0.25, 0.3) is 0 Å². The topological polar surface area (TPSA) is 55.8 Å². The summed E-state index contributed by atoms with van der Waals surface area (Å²) in [6, 6.07) is 0. The first-order chi connectivity index (χ1) is 6.15. The van der Waals surface area contributed by atoms with Crippen LogP contribution in [0.5, 0.6) is 0 Å². The molecule has 5 heteroatoms. The fraction of sp³-hybridized carbons (Fsp3) is 0.500. The van der Waals surface area contributed by atoms with Crippen LogP contribution in [-0.2, 0) is 14.3 Å². The first-order valence-electron chi connectivity index (χ1n) is 3.85. The van der Waals surface area contributed by atoms with Crippen LogP contribution in [-0.4, -0.2) is 37.2 Å². The number of amides is 1. The van der Waals surface area contributed by atoms with Crippen molar-refractivity contribution in [3.05, 3.63) is 11.8 Å². The molecule has 5 nitrogen and oxygen atoms in total. The van der Waals surface area contributed by atoms with E-state index in [2.05, 4.69) is 9.47 Å². The Morgan fingerprint density at radius 3 is 2.85 bits per heavy atom. The summed E-state index contributed by atoms with van der Waals surface area (Å²) in [6.45, 7) is 2.42. The Kier molecular flexibility index (Phi) is 2.89. The Hall–Kier alpha value is -1.52. The number of carbonyl (C=O) groups excluding carboxylic acids is 2. The van der Waals surface area contributed by atoms with Crippen molar-refractivity contribution in [1.82, 2.24) is 4.90 Å². The van der Waals surface area contributed by atoms with Gasteiger partial charge in [-0.05, 0) is 6.92 Å². The summed E-state index contributed by atoms with van der Waals surface area (Å²) in [5.74, 6) is -0.445. The number of rotatable bonds is 2. The van der Waals surface area contributed by atoms with Gasteiger partial charge in [-0.25, -0.2) is 9.59 Å². The highest BCUT2D eigenvalue weighted by Gasteiger charge is 2.20. The van der Waals surface area contributed by atoms with E-state index in [0.29, 0.717) is 18.7 Å². The second-order valence-electron chi connectivity index (χ2n) is 2.61. The lowest BCUT2D eigenvalue weighted by atomic mass is 10.3. The van der Waals surface area contributed by atoms with Crippen LogP contribution in [0.15, 0.2) is 11.8 Å². The molecule has 0 atom stereocenters. The Morgan fingerprint density at radius 1 is 1.69 bits per heavy atom. The summed E-state index contributed by atoms with van der Waals surface area (Å²) in [4.78, 5) is 23.2. The van der Waals surface area contributed by atoms with Crippen molar-refractivity contribution in [2.24, 2.45) is 0 Å². The summed E-state index contributed by atoms with van der Waals surface area (Å²) in [5, 5.41) is 0. The van der Waals surface area contributed by atoms with Crippen LogP contribution < -0.4 is 0 Å². The molecule has 1 amide bonds. The van der Waals surface area contributed by atoms with Gasteiger partial charge in [0, 0.05) is 6.20 Å². The molecule has 0 unspecified atom stereocenters. The highest BCUT2D eigenvalue weighted by molar-refractivity contribution is 5.88. The number of esters is 1. The minimum absolute atomic E-state index is 0.365. The molecule has 0 radical (unpaired) electrons. The van der Waals surface area contributed by atoms with Crippen molar-refractivity contribution in [3.63, 3.8) is 0 Å². The summed E-state index contributed by atoms with van der Waals surface area (Å²) in [7, 11) is 1.29. The standard InChI is InChI=1S/C8H11NO4/c1-6(7(10)12-2)5-9-3-4-13-8(9)11/h5H,3-4H2,1-2H3/b6-5+. The van der Waals surface area contributed by atoms with Gasteiger partial charge >= 0.3 is 12.1 Å². The molecule has 72 valence electrons. The number of hydrogen-bond acceptors (Lipinski definition) is 4. The lowest BCUT2D eigenvalue weighted by Gasteiger charge is -2.06. The number of nitrogens with zero attached hydrogens (tertiary/aromatic N) is 1. The fourth-order valence-corrected chi connectivity index (χ4v) is 0.970. The Morgan fingerprint density at radius 2 is 2.38 bits per heavy atom. The maximum atomic E-state index is 10.9. The van der Waals surface area contributed by atoms with Crippen LogP contribution in [0.4, 0.5) is 4.79 Å². The van der Waals surface area contributed by atoms with Gasteiger partial charge in [0.1, 0.15) is 6.61 Å². The van der Waals surface area contributed by atoms with Crippen LogP contribution in [0.25, 0.3) is 0 Å². The van der Waals surface area contributed by atoms with E-state index < -0.39 is 12.1 Å². The van der Waals surface area contributed by atoms with Crippen LogP contribution in [0.3, 0.4) is 0 Å². The van der Waals surface area contributed by atoms with Crippen molar-refractivity contribution >= 4 is 12.1 Å². The maximum Gasteiger partial charge on any atom is 0.413 e. The molecule has 1 fully saturated rings.